The molecule has 0 aliphatic rings. The van der Waals surface area contributed by atoms with Gasteiger partial charge < -0.3 is 14.0 Å². The maximum atomic E-state index is 12.5. The number of thiazole rings is 1. The molecule has 1 aromatic heterocycles. The quantitative estimate of drug-likeness (QED) is 0.612. The van der Waals surface area contributed by atoms with Gasteiger partial charge in [0.05, 0.1) is 18.4 Å². The molecule has 0 radical (unpaired) electrons. The van der Waals surface area contributed by atoms with E-state index in [-0.39, 0.29) is 5.91 Å². The molecule has 0 aliphatic heterocycles. The molecule has 0 N–H and O–H groups in total. The van der Waals surface area contributed by atoms with Crippen molar-refractivity contribution in [3.8, 4) is 11.5 Å². The first-order valence-corrected chi connectivity index (χ1v) is 9.40. The van der Waals surface area contributed by atoms with Crippen LogP contribution in [0.1, 0.15) is 30.1 Å². The molecule has 0 bridgehead atoms. The predicted octanol–water partition coefficient (Wildman–Crippen LogP) is 4.17. The van der Waals surface area contributed by atoms with E-state index in [1.54, 1.807) is 19.2 Å². The Hall–Kier alpha value is -2.60. The zero-order chi connectivity index (χ0) is 18.5. The highest BCUT2D eigenvalue weighted by Gasteiger charge is 2.10. The molecule has 0 saturated heterocycles. The second-order valence-corrected chi connectivity index (χ2v) is 6.90. The van der Waals surface area contributed by atoms with Crippen molar-refractivity contribution in [2.75, 3.05) is 13.7 Å². The summed E-state index contributed by atoms with van der Waals surface area (Å²) in [6.45, 7) is 2.81. The lowest BCUT2D eigenvalue weighted by Crippen LogP contribution is -2.13. The summed E-state index contributed by atoms with van der Waals surface area (Å²) in [5.74, 6) is 1.27. The topological polar surface area (TPSA) is 52.8 Å². The number of rotatable bonds is 6. The summed E-state index contributed by atoms with van der Waals surface area (Å²) in [4.78, 5) is 17.5. The Morgan fingerprint density at radius 1 is 1.19 bits per heavy atom. The van der Waals surface area contributed by atoms with Crippen LogP contribution in [-0.2, 0) is 7.05 Å². The van der Waals surface area contributed by atoms with Crippen molar-refractivity contribution in [2.45, 2.75) is 19.8 Å². The van der Waals surface area contributed by atoms with E-state index in [1.165, 1.54) is 11.3 Å². The number of methoxy groups -OCH3 is 1. The van der Waals surface area contributed by atoms with E-state index in [1.807, 2.05) is 41.9 Å². The van der Waals surface area contributed by atoms with Gasteiger partial charge in [0.15, 0.2) is 4.80 Å². The van der Waals surface area contributed by atoms with Gasteiger partial charge in [-0.25, -0.2) is 0 Å². The van der Waals surface area contributed by atoms with Crippen LogP contribution in [0, 0.1) is 0 Å². The van der Waals surface area contributed by atoms with Gasteiger partial charge >= 0.3 is 0 Å². The standard InChI is InChI=1S/C20H22N2O3S/c1-4-5-13-25-15-11-9-14(10-12-15)19(23)21-20-22(2)18-16(24-3)7-6-8-17(18)26-20/h6-12H,4-5,13H2,1-3H3. The van der Waals surface area contributed by atoms with Gasteiger partial charge in [0, 0.05) is 12.6 Å². The third kappa shape index (κ3) is 3.80. The number of aromatic nitrogens is 1. The molecule has 0 fully saturated rings. The Balaban J connectivity index is 1.87. The Bertz CT molecular complexity index is 971. The second kappa shape index (κ2) is 8.19. The van der Waals surface area contributed by atoms with Crippen molar-refractivity contribution in [3.63, 3.8) is 0 Å². The molecule has 2 aromatic carbocycles. The van der Waals surface area contributed by atoms with Crippen molar-refractivity contribution in [2.24, 2.45) is 12.0 Å². The van der Waals surface area contributed by atoms with E-state index in [9.17, 15) is 4.79 Å². The van der Waals surface area contributed by atoms with Crippen LogP contribution in [0.3, 0.4) is 0 Å². The van der Waals surface area contributed by atoms with Gasteiger partial charge in [-0.2, -0.15) is 4.99 Å². The van der Waals surface area contributed by atoms with Gasteiger partial charge in [-0.15, -0.1) is 0 Å². The lowest BCUT2D eigenvalue weighted by Gasteiger charge is -2.05. The third-order valence-electron chi connectivity index (χ3n) is 4.07. The number of unbranched alkanes of at least 4 members (excludes halogenated alkanes) is 1. The smallest absolute Gasteiger partial charge is 0.279 e. The van der Waals surface area contributed by atoms with E-state index in [0.717, 1.165) is 34.6 Å². The number of benzene rings is 2. The average Bonchev–Trinajstić information content (AvgIpc) is 2.98. The van der Waals surface area contributed by atoms with Gasteiger partial charge in [0.2, 0.25) is 0 Å². The Morgan fingerprint density at radius 2 is 1.96 bits per heavy atom. The van der Waals surface area contributed by atoms with Crippen LogP contribution in [0.15, 0.2) is 47.5 Å². The molecular formula is C20H22N2O3S. The largest absolute Gasteiger partial charge is 0.495 e. The molecule has 3 rings (SSSR count). The summed E-state index contributed by atoms with van der Waals surface area (Å²) in [5.41, 5.74) is 1.48. The monoisotopic (exact) mass is 370 g/mol. The fourth-order valence-corrected chi connectivity index (χ4v) is 3.65. The molecular weight excluding hydrogens is 348 g/mol. The van der Waals surface area contributed by atoms with Crippen LogP contribution in [0.5, 0.6) is 11.5 Å². The third-order valence-corrected chi connectivity index (χ3v) is 5.17. The van der Waals surface area contributed by atoms with Crippen molar-refractivity contribution in [1.29, 1.82) is 0 Å². The van der Waals surface area contributed by atoms with Gasteiger partial charge in [0.25, 0.3) is 5.91 Å². The minimum Gasteiger partial charge on any atom is -0.495 e. The van der Waals surface area contributed by atoms with Crippen molar-refractivity contribution < 1.29 is 14.3 Å². The highest BCUT2D eigenvalue weighted by molar-refractivity contribution is 7.16. The average molecular weight is 370 g/mol. The van der Waals surface area contributed by atoms with Crippen LogP contribution in [0.2, 0.25) is 0 Å². The lowest BCUT2D eigenvalue weighted by molar-refractivity contribution is 0.0998. The molecule has 6 heteroatoms. The second-order valence-electron chi connectivity index (χ2n) is 5.89. The SMILES string of the molecule is CCCCOc1ccc(C(=O)N=c2sc3cccc(OC)c3n2C)cc1. The maximum absolute atomic E-state index is 12.5. The Morgan fingerprint density at radius 3 is 2.65 bits per heavy atom. The van der Waals surface area contributed by atoms with Gasteiger partial charge in [-0.05, 0) is 42.8 Å². The van der Waals surface area contributed by atoms with Crippen molar-refractivity contribution in [3.05, 3.63) is 52.8 Å². The van der Waals surface area contributed by atoms with E-state index in [0.29, 0.717) is 17.0 Å². The summed E-state index contributed by atoms with van der Waals surface area (Å²) < 4.78 is 13.9. The first-order chi connectivity index (χ1) is 12.6. The number of aryl methyl sites for hydroxylation is 1. The number of carbonyl (C=O) groups is 1. The van der Waals surface area contributed by atoms with E-state index in [2.05, 4.69) is 11.9 Å². The molecule has 5 nitrogen and oxygen atoms in total. The van der Waals surface area contributed by atoms with Crippen molar-refractivity contribution in [1.82, 2.24) is 4.57 Å². The molecule has 0 spiro atoms. The number of para-hydroxylation sites is 1. The molecule has 0 atom stereocenters. The summed E-state index contributed by atoms with van der Waals surface area (Å²) in [5, 5.41) is 0. The highest BCUT2D eigenvalue weighted by Crippen LogP contribution is 2.26. The normalized spacial score (nSPS) is 11.7. The highest BCUT2D eigenvalue weighted by atomic mass is 32.1. The van der Waals surface area contributed by atoms with Crippen LogP contribution in [-0.4, -0.2) is 24.2 Å². The number of hydrogen-bond donors (Lipinski definition) is 0. The van der Waals surface area contributed by atoms with E-state index in [4.69, 9.17) is 9.47 Å². The number of hydrogen-bond acceptors (Lipinski definition) is 4. The summed E-state index contributed by atoms with van der Waals surface area (Å²) >= 11 is 1.46. The minimum atomic E-state index is -0.272. The minimum absolute atomic E-state index is 0.272. The predicted molar refractivity (Wildman–Crippen MR) is 104 cm³/mol. The number of ether oxygens (including phenoxy) is 2. The number of fused-ring (bicyclic) bond motifs is 1. The molecule has 0 unspecified atom stereocenters. The molecule has 1 heterocycles. The molecule has 3 aromatic rings. The number of carbonyl (C=O) groups excluding carboxylic acids is 1. The summed E-state index contributed by atoms with van der Waals surface area (Å²) in [7, 11) is 3.52. The van der Waals surface area contributed by atoms with Crippen LogP contribution in [0.25, 0.3) is 10.2 Å². The maximum Gasteiger partial charge on any atom is 0.279 e. The summed E-state index contributed by atoms with van der Waals surface area (Å²) in [6.07, 6.45) is 2.11. The first-order valence-electron chi connectivity index (χ1n) is 8.58. The molecule has 0 aliphatic carbocycles. The van der Waals surface area contributed by atoms with Crippen LogP contribution < -0.4 is 14.3 Å². The number of amides is 1. The summed E-state index contributed by atoms with van der Waals surface area (Å²) in [6, 6.07) is 13.0. The zero-order valence-electron chi connectivity index (χ0n) is 15.2. The van der Waals surface area contributed by atoms with Crippen LogP contribution >= 0.6 is 11.3 Å². The molecule has 26 heavy (non-hydrogen) atoms. The molecule has 0 saturated carbocycles. The fraction of sp³-hybridized carbons (Fsp3) is 0.300. The molecule has 1 amide bonds. The fourth-order valence-electron chi connectivity index (χ4n) is 2.62. The Kier molecular flexibility index (Phi) is 5.73. The van der Waals surface area contributed by atoms with Gasteiger partial charge in [0.1, 0.15) is 17.0 Å². The van der Waals surface area contributed by atoms with E-state index >= 15 is 0 Å². The molecule has 136 valence electrons. The Labute approximate surface area is 156 Å². The van der Waals surface area contributed by atoms with Gasteiger partial charge in [-0.1, -0.05) is 30.7 Å². The van der Waals surface area contributed by atoms with Crippen molar-refractivity contribution >= 4 is 27.5 Å². The van der Waals surface area contributed by atoms with Crippen LogP contribution in [0.4, 0.5) is 0 Å². The van der Waals surface area contributed by atoms with Gasteiger partial charge in [-0.3, -0.25) is 4.79 Å². The first kappa shape index (κ1) is 18.2. The lowest BCUT2D eigenvalue weighted by atomic mass is 10.2. The number of nitrogens with zero attached hydrogens (tertiary/aromatic N) is 2. The van der Waals surface area contributed by atoms with E-state index < -0.39 is 0 Å². The zero-order valence-corrected chi connectivity index (χ0v) is 16.0.